The number of hydrogen-bond donors (Lipinski definition) is 2. The number of rotatable bonds is 4. The molecular formula is C16H21N5. The number of nitrogens with one attached hydrogen (secondary N) is 1. The van der Waals surface area contributed by atoms with Gasteiger partial charge in [0.1, 0.15) is 5.82 Å². The number of nitrogen functional groups attached to an aromatic ring is 1. The Labute approximate surface area is 125 Å². The molecule has 1 aliphatic carbocycles. The van der Waals surface area contributed by atoms with Crippen LogP contribution < -0.4 is 11.1 Å². The number of fused-ring (bicyclic) bond motifs is 1. The molecule has 3 N–H and O–H groups in total. The maximum absolute atomic E-state index is 5.78. The summed E-state index contributed by atoms with van der Waals surface area (Å²) in [6, 6.07) is 6.89. The minimum Gasteiger partial charge on any atom is -0.368 e. The van der Waals surface area contributed by atoms with Crippen LogP contribution in [0.15, 0.2) is 18.2 Å². The van der Waals surface area contributed by atoms with E-state index in [1.165, 1.54) is 16.7 Å². The summed E-state index contributed by atoms with van der Waals surface area (Å²) in [6.45, 7) is 4.22. The first-order chi connectivity index (χ1) is 10.2. The van der Waals surface area contributed by atoms with E-state index in [0.717, 1.165) is 31.5 Å². The van der Waals surface area contributed by atoms with E-state index in [4.69, 9.17) is 5.73 Å². The SMILES string of the molecule is CCCc1nc(N)nc(N[C@@H]2CCc3ccc(C)cc32)n1. The zero-order valence-corrected chi connectivity index (χ0v) is 12.6. The van der Waals surface area contributed by atoms with Gasteiger partial charge in [0.05, 0.1) is 6.04 Å². The van der Waals surface area contributed by atoms with Gasteiger partial charge in [-0.1, -0.05) is 30.7 Å². The van der Waals surface area contributed by atoms with Crippen LogP contribution in [0.5, 0.6) is 0 Å². The third-order valence-corrected chi connectivity index (χ3v) is 3.86. The average molecular weight is 283 g/mol. The molecule has 110 valence electrons. The quantitative estimate of drug-likeness (QED) is 0.902. The highest BCUT2D eigenvalue weighted by atomic mass is 15.2. The molecule has 5 nitrogen and oxygen atoms in total. The molecule has 21 heavy (non-hydrogen) atoms. The van der Waals surface area contributed by atoms with Gasteiger partial charge in [-0.25, -0.2) is 0 Å². The van der Waals surface area contributed by atoms with Gasteiger partial charge in [-0.3, -0.25) is 0 Å². The summed E-state index contributed by atoms with van der Waals surface area (Å²) in [4.78, 5) is 12.9. The van der Waals surface area contributed by atoms with E-state index in [1.807, 2.05) is 0 Å². The Balaban J connectivity index is 1.84. The van der Waals surface area contributed by atoms with E-state index < -0.39 is 0 Å². The molecule has 5 heteroatoms. The van der Waals surface area contributed by atoms with Crippen LogP contribution in [0.25, 0.3) is 0 Å². The number of benzene rings is 1. The van der Waals surface area contributed by atoms with Crippen molar-refractivity contribution in [3.05, 3.63) is 40.7 Å². The van der Waals surface area contributed by atoms with Crippen molar-refractivity contribution in [2.75, 3.05) is 11.1 Å². The molecule has 0 aliphatic heterocycles. The predicted octanol–water partition coefficient (Wildman–Crippen LogP) is 2.81. The molecule has 0 radical (unpaired) electrons. The lowest BCUT2D eigenvalue weighted by molar-refractivity contribution is 0.741. The van der Waals surface area contributed by atoms with Crippen LogP contribution in [0.2, 0.25) is 0 Å². The van der Waals surface area contributed by atoms with E-state index >= 15 is 0 Å². The largest absolute Gasteiger partial charge is 0.368 e. The smallest absolute Gasteiger partial charge is 0.228 e. The van der Waals surface area contributed by atoms with Gasteiger partial charge in [0.15, 0.2) is 0 Å². The predicted molar refractivity (Wildman–Crippen MR) is 84.1 cm³/mol. The van der Waals surface area contributed by atoms with Crippen molar-refractivity contribution >= 4 is 11.9 Å². The monoisotopic (exact) mass is 283 g/mol. The van der Waals surface area contributed by atoms with Crippen molar-refractivity contribution in [1.29, 1.82) is 0 Å². The molecule has 1 aliphatic rings. The number of aryl methyl sites for hydroxylation is 3. The number of nitrogens with zero attached hydrogens (tertiary/aromatic N) is 3. The number of aromatic nitrogens is 3. The van der Waals surface area contributed by atoms with E-state index in [0.29, 0.717) is 11.9 Å². The maximum atomic E-state index is 5.78. The van der Waals surface area contributed by atoms with Crippen molar-refractivity contribution in [2.45, 2.75) is 45.6 Å². The van der Waals surface area contributed by atoms with Crippen molar-refractivity contribution in [3.63, 3.8) is 0 Å². The van der Waals surface area contributed by atoms with Gasteiger partial charge in [-0.05, 0) is 37.3 Å². The Kier molecular flexibility index (Phi) is 3.73. The second kappa shape index (κ2) is 5.68. The number of hydrogen-bond acceptors (Lipinski definition) is 5. The second-order valence-corrected chi connectivity index (χ2v) is 5.62. The molecule has 1 aromatic heterocycles. The summed E-state index contributed by atoms with van der Waals surface area (Å²) in [5.74, 6) is 1.64. The molecular weight excluding hydrogens is 262 g/mol. The first-order valence-electron chi connectivity index (χ1n) is 7.52. The maximum Gasteiger partial charge on any atom is 0.228 e. The van der Waals surface area contributed by atoms with Crippen LogP contribution in [-0.4, -0.2) is 15.0 Å². The summed E-state index contributed by atoms with van der Waals surface area (Å²) in [7, 11) is 0. The highest BCUT2D eigenvalue weighted by Gasteiger charge is 2.23. The summed E-state index contributed by atoms with van der Waals surface area (Å²) < 4.78 is 0. The zero-order valence-electron chi connectivity index (χ0n) is 12.6. The van der Waals surface area contributed by atoms with Gasteiger partial charge in [0, 0.05) is 6.42 Å². The lowest BCUT2D eigenvalue weighted by atomic mass is 10.1. The van der Waals surface area contributed by atoms with Gasteiger partial charge in [-0.15, -0.1) is 0 Å². The van der Waals surface area contributed by atoms with Crippen LogP contribution in [0.1, 0.15) is 48.3 Å². The van der Waals surface area contributed by atoms with Crippen LogP contribution in [0, 0.1) is 6.92 Å². The first kappa shape index (κ1) is 13.8. The summed E-state index contributed by atoms with van der Waals surface area (Å²) in [6.07, 6.45) is 3.97. The van der Waals surface area contributed by atoms with Crippen LogP contribution in [0.3, 0.4) is 0 Å². The Hall–Kier alpha value is -2.17. The van der Waals surface area contributed by atoms with E-state index in [1.54, 1.807) is 0 Å². The number of nitrogens with two attached hydrogens (primary N) is 1. The molecule has 0 saturated heterocycles. The fraction of sp³-hybridized carbons (Fsp3) is 0.438. The van der Waals surface area contributed by atoms with Crippen LogP contribution in [-0.2, 0) is 12.8 Å². The fourth-order valence-corrected chi connectivity index (χ4v) is 2.87. The van der Waals surface area contributed by atoms with Gasteiger partial charge in [0.2, 0.25) is 11.9 Å². The highest BCUT2D eigenvalue weighted by Crippen LogP contribution is 2.33. The van der Waals surface area contributed by atoms with E-state index in [2.05, 4.69) is 52.3 Å². The second-order valence-electron chi connectivity index (χ2n) is 5.62. The highest BCUT2D eigenvalue weighted by molar-refractivity contribution is 5.43. The Morgan fingerprint density at radius 1 is 1.29 bits per heavy atom. The number of anilines is 2. The van der Waals surface area contributed by atoms with Gasteiger partial charge < -0.3 is 11.1 Å². The molecule has 0 amide bonds. The third kappa shape index (κ3) is 2.96. The molecule has 1 aromatic carbocycles. The minimum absolute atomic E-state index is 0.260. The van der Waals surface area contributed by atoms with Gasteiger partial charge in [0.25, 0.3) is 0 Å². The minimum atomic E-state index is 0.260. The molecule has 1 heterocycles. The summed E-state index contributed by atoms with van der Waals surface area (Å²) in [5, 5.41) is 3.42. The Morgan fingerprint density at radius 3 is 2.95 bits per heavy atom. The van der Waals surface area contributed by atoms with Gasteiger partial charge >= 0.3 is 0 Å². The van der Waals surface area contributed by atoms with Crippen LogP contribution in [0.4, 0.5) is 11.9 Å². The third-order valence-electron chi connectivity index (χ3n) is 3.86. The Bertz CT molecular complexity index is 653. The molecule has 3 rings (SSSR count). The van der Waals surface area contributed by atoms with E-state index in [-0.39, 0.29) is 6.04 Å². The molecule has 1 atom stereocenters. The molecule has 0 unspecified atom stereocenters. The van der Waals surface area contributed by atoms with Crippen molar-refractivity contribution < 1.29 is 0 Å². The average Bonchev–Trinajstić information content (AvgIpc) is 2.81. The molecule has 0 spiro atoms. The molecule has 0 bridgehead atoms. The van der Waals surface area contributed by atoms with Crippen LogP contribution >= 0.6 is 0 Å². The lowest BCUT2D eigenvalue weighted by Gasteiger charge is -2.15. The zero-order chi connectivity index (χ0) is 14.8. The van der Waals surface area contributed by atoms with E-state index in [9.17, 15) is 0 Å². The lowest BCUT2D eigenvalue weighted by Crippen LogP contribution is -2.13. The fourth-order valence-electron chi connectivity index (χ4n) is 2.87. The van der Waals surface area contributed by atoms with Crippen molar-refractivity contribution in [3.8, 4) is 0 Å². The first-order valence-corrected chi connectivity index (χ1v) is 7.52. The Morgan fingerprint density at radius 2 is 2.14 bits per heavy atom. The normalized spacial score (nSPS) is 16.8. The van der Waals surface area contributed by atoms with Gasteiger partial charge in [-0.2, -0.15) is 15.0 Å². The topological polar surface area (TPSA) is 76.7 Å². The van der Waals surface area contributed by atoms with Crippen molar-refractivity contribution in [1.82, 2.24) is 15.0 Å². The molecule has 0 saturated carbocycles. The van der Waals surface area contributed by atoms with Crippen molar-refractivity contribution in [2.24, 2.45) is 0 Å². The molecule has 0 fully saturated rings. The standard InChI is InChI=1S/C16H21N5/c1-3-4-14-19-15(17)21-16(20-14)18-13-8-7-11-6-5-10(2)9-12(11)13/h5-6,9,13H,3-4,7-8H2,1-2H3,(H3,17,18,19,20,21)/t13-/m1/s1. The molecule has 2 aromatic rings. The summed E-state index contributed by atoms with van der Waals surface area (Å²) in [5.41, 5.74) is 9.83. The summed E-state index contributed by atoms with van der Waals surface area (Å²) >= 11 is 0.